The first-order valence-corrected chi connectivity index (χ1v) is 33.8. The number of hydrogen-bond acceptors (Lipinski definition) is 6. The summed E-state index contributed by atoms with van der Waals surface area (Å²) in [4.78, 5) is 38.1. The highest BCUT2D eigenvalue weighted by atomic mass is 16.6. The van der Waals surface area contributed by atoms with Crippen LogP contribution in [0.4, 0.5) is 0 Å². The molecule has 0 radical (unpaired) electrons. The highest BCUT2D eigenvalue weighted by Crippen LogP contribution is 2.18. The maximum Gasteiger partial charge on any atom is 0.306 e. The van der Waals surface area contributed by atoms with Crippen molar-refractivity contribution in [3.05, 3.63) is 24.3 Å². The first kappa shape index (κ1) is 72.9. The van der Waals surface area contributed by atoms with Gasteiger partial charge in [-0.15, -0.1) is 0 Å². The summed E-state index contributed by atoms with van der Waals surface area (Å²) in [6.45, 7) is 6.65. The maximum atomic E-state index is 12.8. The second-order valence-electron chi connectivity index (χ2n) is 23.1. The van der Waals surface area contributed by atoms with Crippen LogP contribution in [0.15, 0.2) is 24.3 Å². The Balaban J connectivity index is 3.94. The summed E-state index contributed by atoms with van der Waals surface area (Å²) in [5.74, 6) is -0.843. The van der Waals surface area contributed by atoms with Gasteiger partial charge in [0.05, 0.1) is 0 Å². The van der Waals surface area contributed by atoms with Crippen LogP contribution < -0.4 is 0 Å². The average Bonchev–Trinajstić information content (AvgIpc) is 3.41. The zero-order chi connectivity index (χ0) is 54.3. The van der Waals surface area contributed by atoms with Crippen LogP contribution in [0.3, 0.4) is 0 Å². The van der Waals surface area contributed by atoms with Crippen molar-refractivity contribution in [3.8, 4) is 0 Å². The molecule has 0 aliphatic rings. The van der Waals surface area contributed by atoms with E-state index >= 15 is 0 Å². The lowest BCUT2D eigenvalue weighted by Gasteiger charge is -2.18. The third kappa shape index (κ3) is 62.6. The topological polar surface area (TPSA) is 78.9 Å². The standard InChI is InChI=1S/C69H130O6/c1-4-7-10-13-16-18-20-22-24-26-27-28-29-30-31-32-33-34-35-36-37-38-39-40-41-43-44-46-48-50-53-56-59-62-68(71)74-65-66(64-73-67(70)61-58-55-52-15-12-9-6-3)75-69(72)63-60-57-54-51-49-47-45-42-25-23-21-19-17-14-11-8-5-2/h20,22,26-27,66H,4-19,21,23-25,28-65H2,1-3H3/b22-20-,27-26-. The van der Waals surface area contributed by atoms with Gasteiger partial charge in [-0.05, 0) is 51.4 Å². The number of rotatable bonds is 63. The summed E-state index contributed by atoms with van der Waals surface area (Å²) >= 11 is 0. The molecule has 75 heavy (non-hydrogen) atoms. The number of carbonyl (C=O) groups is 3. The molecule has 1 unspecified atom stereocenters. The van der Waals surface area contributed by atoms with Crippen molar-refractivity contribution in [2.24, 2.45) is 0 Å². The molecule has 0 aliphatic heterocycles. The zero-order valence-corrected chi connectivity index (χ0v) is 50.8. The Hall–Kier alpha value is -2.11. The Kier molecular flexibility index (Phi) is 62.6. The molecule has 0 aromatic rings. The molecule has 0 bridgehead atoms. The van der Waals surface area contributed by atoms with E-state index in [0.29, 0.717) is 19.3 Å². The van der Waals surface area contributed by atoms with Crippen molar-refractivity contribution >= 4 is 17.9 Å². The number of ether oxygens (including phenoxy) is 3. The molecule has 0 spiro atoms. The van der Waals surface area contributed by atoms with Crippen LogP contribution >= 0.6 is 0 Å². The molecule has 0 aliphatic carbocycles. The minimum Gasteiger partial charge on any atom is -0.462 e. The molecule has 442 valence electrons. The summed E-state index contributed by atoms with van der Waals surface area (Å²) < 4.78 is 16.9. The predicted octanol–water partition coefficient (Wildman–Crippen LogP) is 23.0. The Morgan fingerprint density at radius 1 is 0.267 bits per heavy atom. The lowest BCUT2D eigenvalue weighted by Crippen LogP contribution is -2.30. The lowest BCUT2D eigenvalue weighted by atomic mass is 10.0. The molecule has 6 nitrogen and oxygen atoms in total. The summed E-state index contributed by atoms with van der Waals surface area (Å²) in [5.41, 5.74) is 0. The Morgan fingerprint density at radius 2 is 0.480 bits per heavy atom. The second-order valence-corrected chi connectivity index (χ2v) is 23.1. The normalized spacial score (nSPS) is 12.1. The van der Waals surface area contributed by atoms with E-state index in [1.165, 1.54) is 276 Å². The number of allylic oxidation sites excluding steroid dienone is 4. The van der Waals surface area contributed by atoms with Crippen molar-refractivity contribution in [2.75, 3.05) is 13.2 Å². The van der Waals surface area contributed by atoms with E-state index in [2.05, 4.69) is 45.1 Å². The fraction of sp³-hybridized carbons (Fsp3) is 0.899. The molecule has 0 saturated heterocycles. The van der Waals surface area contributed by atoms with Crippen molar-refractivity contribution < 1.29 is 28.6 Å². The van der Waals surface area contributed by atoms with Crippen LogP contribution in [0.5, 0.6) is 0 Å². The van der Waals surface area contributed by atoms with E-state index in [0.717, 1.165) is 64.2 Å². The van der Waals surface area contributed by atoms with Gasteiger partial charge in [0.25, 0.3) is 0 Å². The number of carbonyl (C=O) groups excluding carboxylic acids is 3. The van der Waals surface area contributed by atoms with Gasteiger partial charge in [-0.1, -0.05) is 334 Å². The Labute approximate surface area is 468 Å². The van der Waals surface area contributed by atoms with Gasteiger partial charge in [0.1, 0.15) is 13.2 Å². The van der Waals surface area contributed by atoms with Gasteiger partial charge in [-0.3, -0.25) is 14.4 Å². The van der Waals surface area contributed by atoms with Crippen molar-refractivity contribution in [1.29, 1.82) is 0 Å². The summed E-state index contributed by atoms with van der Waals surface area (Å²) in [5, 5.41) is 0. The molecule has 0 aromatic heterocycles. The molecule has 0 amide bonds. The highest BCUT2D eigenvalue weighted by Gasteiger charge is 2.19. The number of hydrogen-bond donors (Lipinski definition) is 0. The van der Waals surface area contributed by atoms with Crippen LogP contribution in [0.2, 0.25) is 0 Å². The highest BCUT2D eigenvalue weighted by molar-refractivity contribution is 5.71. The SMILES string of the molecule is CCCCCCC/C=C\C/C=C\CCCCCCCCCCCCCCCCCCCCCCCC(=O)OCC(COC(=O)CCCCCCCCC)OC(=O)CCCCCCCCCCCCCCCCCCC. The molecule has 0 heterocycles. The van der Waals surface area contributed by atoms with Crippen LogP contribution in [0.25, 0.3) is 0 Å². The first-order chi connectivity index (χ1) is 37.0. The lowest BCUT2D eigenvalue weighted by molar-refractivity contribution is -0.167. The summed E-state index contributed by atoms with van der Waals surface area (Å²) in [6.07, 6.45) is 78.1. The molecular weight excluding hydrogens is 925 g/mol. The third-order valence-electron chi connectivity index (χ3n) is 15.5. The van der Waals surface area contributed by atoms with E-state index in [1.807, 2.05) is 0 Å². The number of esters is 3. The zero-order valence-electron chi connectivity index (χ0n) is 50.8. The van der Waals surface area contributed by atoms with E-state index < -0.39 is 6.10 Å². The molecule has 0 rings (SSSR count). The third-order valence-corrected chi connectivity index (χ3v) is 15.5. The van der Waals surface area contributed by atoms with Gasteiger partial charge < -0.3 is 14.2 Å². The fourth-order valence-corrected chi connectivity index (χ4v) is 10.4. The smallest absolute Gasteiger partial charge is 0.306 e. The first-order valence-electron chi connectivity index (χ1n) is 33.8. The Morgan fingerprint density at radius 3 is 0.733 bits per heavy atom. The molecular formula is C69H130O6. The van der Waals surface area contributed by atoms with Crippen LogP contribution in [0, 0.1) is 0 Å². The molecule has 0 N–H and O–H groups in total. The second kappa shape index (κ2) is 64.4. The largest absolute Gasteiger partial charge is 0.462 e. The van der Waals surface area contributed by atoms with Crippen molar-refractivity contribution in [2.45, 2.75) is 386 Å². The van der Waals surface area contributed by atoms with Crippen LogP contribution in [-0.4, -0.2) is 37.2 Å². The molecule has 1 atom stereocenters. The summed E-state index contributed by atoms with van der Waals surface area (Å²) in [6, 6.07) is 0. The minimum absolute atomic E-state index is 0.0639. The van der Waals surface area contributed by atoms with E-state index in [-0.39, 0.29) is 31.1 Å². The predicted molar refractivity (Wildman–Crippen MR) is 326 cm³/mol. The maximum absolute atomic E-state index is 12.8. The van der Waals surface area contributed by atoms with Gasteiger partial charge in [-0.2, -0.15) is 0 Å². The van der Waals surface area contributed by atoms with E-state index in [4.69, 9.17) is 14.2 Å². The van der Waals surface area contributed by atoms with Crippen LogP contribution in [0.1, 0.15) is 380 Å². The molecule has 0 fully saturated rings. The molecule has 0 saturated carbocycles. The fourth-order valence-electron chi connectivity index (χ4n) is 10.4. The van der Waals surface area contributed by atoms with E-state index in [9.17, 15) is 14.4 Å². The van der Waals surface area contributed by atoms with Crippen molar-refractivity contribution in [3.63, 3.8) is 0 Å². The van der Waals surface area contributed by atoms with E-state index in [1.54, 1.807) is 0 Å². The molecule has 0 aromatic carbocycles. The van der Waals surface area contributed by atoms with Gasteiger partial charge in [0.15, 0.2) is 6.10 Å². The average molecular weight is 1060 g/mol. The van der Waals surface area contributed by atoms with Gasteiger partial charge >= 0.3 is 17.9 Å². The number of unbranched alkanes of at least 4 members (excludes halogenated alkanes) is 48. The monoisotopic (exact) mass is 1050 g/mol. The van der Waals surface area contributed by atoms with Gasteiger partial charge in [0, 0.05) is 19.3 Å². The Bertz CT molecular complexity index is 1210. The quantitative estimate of drug-likeness (QED) is 0.0261. The van der Waals surface area contributed by atoms with Crippen molar-refractivity contribution in [1.82, 2.24) is 0 Å². The molecule has 6 heteroatoms. The van der Waals surface area contributed by atoms with Gasteiger partial charge in [-0.25, -0.2) is 0 Å². The minimum atomic E-state index is -0.763. The van der Waals surface area contributed by atoms with Gasteiger partial charge in [0.2, 0.25) is 0 Å². The summed E-state index contributed by atoms with van der Waals surface area (Å²) in [7, 11) is 0. The van der Waals surface area contributed by atoms with Crippen LogP contribution in [-0.2, 0) is 28.6 Å².